The van der Waals surface area contributed by atoms with E-state index >= 15 is 0 Å². The van der Waals surface area contributed by atoms with Gasteiger partial charge in [-0.05, 0) is 43.1 Å². The molecule has 0 aromatic carbocycles. The molecule has 2 aromatic heterocycles. The summed E-state index contributed by atoms with van der Waals surface area (Å²) >= 11 is 15.4. The Kier molecular flexibility index (Phi) is 5.75. The SMILES string of the molecule is Cc1nn(CCCNC(=O)C(C)(C)n2cc(Br)cn2)c(Cl)c1Cl. The third-order valence-electron chi connectivity index (χ3n) is 3.51. The number of carbonyl (C=O) groups excluding carboxylic acids is 1. The summed E-state index contributed by atoms with van der Waals surface area (Å²) in [5.74, 6) is -0.103. The summed E-state index contributed by atoms with van der Waals surface area (Å²) in [5, 5.41) is 12.2. The first kappa shape index (κ1) is 18.3. The Hall–Kier alpha value is -1.05. The van der Waals surface area contributed by atoms with Crippen LogP contribution in [0.1, 0.15) is 26.0 Å². The van der Waals surface area contributed by atoms with Gasteiger partial charge in [0, 0.05) is 19.3 Å². The van der Waals surface area contributed by atoms with E-state index in [1.165, 1.54) is 0 Å². The molecule has 0 atom stereocenters. The van der Waals surface area contributed by atoms with E-state index in [0.29, 0.717) is 35.4 Å². The Morgan fingerprint density at radius 3 is 2.65 bits per heavy atom. The monoisotopic (exact) mass is 421 g/mol. The fraction of sp³-hybridized carbons (Fsp3) is 0.500. The summed E-state index contributed by atoms with van der Waals surface area (Å²) in [6, 6.07) is 0. The number of halogens is 3. The van der Waals surface area contributed by atoms with Gasteiger partial charge in [-0.15, -0.1) is 0 Å². The van der Waals surface area contributed by atoms with Gasteiger partial charge in [-0.1, -0.05) is 23.2 Å². The summed E-state index contributed by atoms with van der Waals surface area (Å²) in [6.45, 7) is 6.53. The summed E-state index contributed by atoms with van der Waals surface area (Å²) in [7, 11) is 0. The van der Waals surface area contributed by atoms with E-state index in [9.17, 15) is 4.79 Å². The van der Waals surface area contributed by atoms with Crippen molar-refractivity contribution < 1.29 is 4.79 Å². The van der Waals surface area contributed by atoms with Crippen molar-refractivity contribution in [2.24, 2.45) is 0 Å². The van der Waals surface area contributed by atoms with Gasteiger partial charge in [0.1, 0.15) is 15.7 Å². The molecule has 0 fully saturated rings. The molecule has 1 amide bonds. The highest BCUT2D eigenvalue weighted by Gasteiger charge is 2.30. The summed E-state index contributed by atoms with van der Waals surface area (Å²) in [4.78, 5) is 12.4. The lowest BCUT2D eigenvalue weighted by molar-refractivity contribution is -0.128. The zero-order valence-electron chi connectivity index (χ0n) is 13.1. The molecule has 0 aliphatic heterocycles. The second-order valence-corrected chi connectivity index (χ2v) is 7.34. The Morgan fingerprint density at radius 2 is 2.13 bits per heavy atom. The van der Waals surface area contributed by atoms with Gasteiger partial charge < -0.3 is 5.32 Å². The highest BCUT2D eigenvalue weighted by molar-refractivity contribution is 9.10. The Labute approximate surface area is 153 Å². The minimum atomic E-state index is -0.769. The minimum Gasteiger partial charge on any atom is -0.354 e. The first-order valence-electron chi connectivity index (χ1n) is 7.11. The van der Waals surface area contributed by atoms with Gasteiger partial charge in [-0.25, -0.2) is 0 Å². The van der Waals surface area contributed by atoms with Crippen molar-refractivity contribution in [2.45, 2.75) is 39.3 Å². The second kappa shape index (κ2) is 7.23. The molecule has 0 aliphatic carbocycles. The number of carbonyl (C=O) groups is 1. The fourth-order valence-electron chi connectivity index (χ4n) is 2.04. The molecule has 2 rings (SSSR count). The van der Waals surface area contributed by atoms with Crippen molar-refractivity contribution >= 4 is 45.0 Å². The Morgan fingerprint density at radius 1 is 1.43 bits per heavy atom. The highest BCUT2D eigenvalue weighted by atomic mass is 79.9. The van der Waals surface area contributed by atoms with Crippen LogP contribution in [0.2, 0.25) is 10.2 Å². The molecule has 0 saturated carbocycles. The van der Waals surface area contributed by atoms with Crippen molar-refractivity contribution in [3.05, 3.63) is 32.7 Å². The van der Waals surface area contributed by atoms with Crippen LogP contribution in [0.15, 0.2) is 16.9 Å². The fourth-order valence-corrected chi connectivity index (χ4v) is 2.72. The predicted molar refractivity (Wildman–Crippen MR) is 93.9 cm³/mol. The van der Waals surface area contributed by atoms with Crippen LogP contribution in [0.25, 0.3) is 0 Å². The average Bonchev–Trinajstić information content (AvgIpc) is 3.03. The van der Waals surface area contributed by atoms with Gasteiger partial charge >= 0.3 is 0 Å². The first-order chi connectivity index (χ1) is 10.7. The van der Waals surface area contributed by atoms with E-state index in [1.807, 2.05) is 13.8 Å². The van der Waals surface area contributed by atoms with Crippen LogP contribution in [0, 0.1) is 6.92 Å². The first-order valence-corrected chi connectivity index (χ1v) is 8.65. The van der Waals surface area contributed by atoms with Crippen LogP contribution in [-0.4, -0.2) is 32.0 Å². The molecule has 0 spiro atoms. The highest BCUT2D eigenvalue weighted by Crippen LogP contribution is 2.25. The second-order valence-electron chi connectivity index (χ2n) is 5.68. The standard InChI is InChI=1S/C14H18BrCl2N5O/c1-9-11(16)12(17)21(20-9)6-4-5-18-13(23)14(2,3)22-8-10(15)7-19-22/h7-8H,4-6H2,1-3H3,(H,18,23). The molecule has 1 N–H and O–H groups in total. The number of aromatic nitrogens is 4. The van der Waals surface area contributed by atoms with Crippen LogP contribution in [0.5, 0.6) is 0 Å². The number of hydrogen-bond acceptors (Lipinski definition) is 3. The summed E-state index contributed by atoms with van der Waals surface area (Å²) in [5.41, 5.74) is -0.0685. The van der Waals surface area contributed by atoms with Crippen molar-refractivity contribution in [3.8, 4) is 0 Å². The van der Waals surface area contributed by atoms with Crippen molar-refractivity contribution in [1.82, 2.24) is 24.9 Å². The normalized spacial score (nSPS) is 11.7. The molecule has 0 radical (unpaired) electrons. The molecule has 2 aromatic rings. The molecule has 23 heavy (non-hydrogen) atoms. The number of hydrogen-bond donors (Lipinski definition) is 1. The number of aryl methyl sites for hydroxylation is 2. The maximum absolute atomic E-state index is 12.4. The van der Waals surface area contributed by atoms with E-state index < -0.39 is 5.54 Å². The largest absolute Gasteiger partial charge is 0.354 e. The molecule has 0 saturated heterocycles. The molecule has 9 heteroatoms. The van der Waals surface area contributed by atoms with Crippen molar-refractivity contribution in [3.63, 3.8) is 0 Å². The molecule has 0 unspecified atom stereocenters. The van der Waals surface area contributed by atoms with Crippen LogP contribution in [0.4, 0.5) is 0 Å². The van der Waals surface area contributed by atoms with Gasteiger partial charge in [0.15, 0.2) is 0 Å². The smallest absolute Gasteiger partial charge is 0.247 e. The van der Waals surface area contributed by atoms with Gasteiger partial charge in [-0.3, -0.25) is 14.2 Å². The van der Waals surface area contributed by atoms with E-state index in [4.69, 9.17) is 23.2 Å². The zero-order chi connectivity index (χ0) is 17.2. The molecule has 0 bridgehead atoms. The van der Waals surface area contributed by atoms with Gasteiger partial charge in [-0.2, -0.15) is 10.2 Å². The van der Waals surface area contributed by atoms with Crippen LogP contribution in [-0.2, 0) is 16.9 Å². The number of amides is 1. The Bertz CT molecular complexity index is 710. The molecule has 0 aliphatic rings. The lowest BCUT2D eigenvalue weighted by atomic mass is 10.1. The van der Waals surface area contributed by atoms with Crippen LogP contribution in [0.3, 0.4) is 0 Å². The lowest BCUT2D eigenvalue weighted by Crippen LogP contribution is -2.45. The maximum Gasteiger partial charge on any atom is 0.247 e. The number of nitrogens with one attached hydrogen (secondary N) is 1. The predicted octanol–water partition coefficient (Wildman–Crippen LogP) is 3.40. The molecular weight excluding hydrogens is 405 g/mol. The number of nitrogens with zero attached hydrogens (tertiary/aromatic N) is 4. The Balaban J connectivity index is 1.86. The van der Waals surface area contributed by atoms with E-state index in [1.54, 1.807) is 28.7 Å². The van der Waals surface area contributed by atoms with Crippen LogP contribution >= 0.6 is 39.1 Å². The minimum absolute atomic E-state index is 0.103. The quantitative estimate of drug-likeness (QED) is 0.725. The third kappa shape index (κ3) is 4.08. The summed E-state index contributed by atoms with van der Waals surface area (Å²) < 4.78 is 4.10. The van der Waals surface area contributed by atoms with E-state index in [2.05, 4.69) is 31.4 Å². The van der Waals surface area contributed by atoms with Crippen molar-refractivity contribution in [2.75, 3.05) is 6.54 Å². The van der Waals surface area contributed by atoms with Crippen molar-refractivity contribution in [1.29, 1.82) is 0 Å². The molecule has 126 valence electrons. The number of rotatable bonds is 6. The van der Waals surface area contributed by atoms with Crippen LogP contribution < -0.4 is 5.32 Å². The van der Waals surface area contributed by atoms with Gasteiger partial charge in [0.05, 0.1) is 16.4 Å². The lowest BCUT2D eigenvalue weighted by Gasteiger charge is -2.24. The summed E-state index contributed by atoms with van der Waals surface area (Å²) in [6.07, 6.45) is 4.12. The maximum atomic E-state index is 12.4. The molecular formula is C14H18BrCl2N5O. The zero-order valence-corrected chi connectivity index (χ0v) is 16.2. The van der Waals surface area contributed by atoms with E-state index in [0.717, 1.165) is 4.47 Å². The molecule has 2 heterocycles. The topological polar surface area (TPSA) is 64.7 Å². The average molecular weight is 423 g/mol. The molecule has 6 nitrogen and oxygen atoms in total. The van der Waals surface area contributed by atoms with Gasteiger partial charge in [0.2, 0.25) is 5.91 Å². The van der Waals surface area contributed by atoms with Gasteiger partial charge in [0.25, 0.3) is 0 Å². The third-order valence-corrected chi connectivity index (χ3v) is 4.85. The van der Waals surface area contributed by atoms with E-state index in [-0.39, 0.29) is 5.91 Å².